The number of hydrogen-bond acceptors (Lipinski definition) is 3. The molecule has 1 heterocycles. The van der Waals surface area contributed by atoms with Gasteiger partial charge in [-0.05, 0) is 43.5 Å². The molecule has 0 bridgehead atoms. The number of carbonyl (C=O) groups is 1. The number of carbonyl (C=O) groups excluding carboxylic acids is 1. The fourth-order valence-corrected chi connectivity index (χ4v) is 2.79. The Balaban J connectivity index is 1.48. The Labute approximate surface area is 132 Å². The van der Waals surface area contributed by atoms with Gasteiger partial charge in [0, 0.05) is 19.1 Å². The molecule has 1 atom stereocenters. The average molecular weight is 328 g/mol. The topological polar surface area (TPSA) is 41.6 Å². The van der Waals surface area contributed by atoms with E-state index in [4.69, 9.17) is 0 Å². The number of halogens is 3. The molecule has 1 aromatic carbocycles. The van der Waals surface area contributed by atoms with Gasteiger partial charge in [-0.3, -0.25) is 9.69 Å². The summed E-state index contributed by atoms with van der Waals surface area (Å²) in [5.74, 6) is -0.0725. The highest BCUT2D eigenvalue weighted by atomic mass is 19.4. The van der Waals surface area contributed by atoms with Crippen molar-refractivity contribution in [1.82, 2.24) is 10.2 Å². The third kappa shape index (κ3) is 4.86. The van der Waals surface area contributed by atoms with Gasteiger partial charge in [0.2, 0.25) is 5.91 Å². The van der Waals surface area contributed by atoms with E-state index in [-0.39, 0.29) is 17.6 Å². The van der Waals surface area contributed by atoms with Gasteiger partial charge in [0.25, 0.3) is 0 Å². The van der Waals surface area contributed by atoms with Crippen molar-refractivity contribution in [2.75, 3.05) is 13.1 Å². The summed E-state index contributed by atoms with van der Waals surface area (Å²) in [6.45, 7) is 2.14. The van der Waals surface area contributed by atoms with Crippen LogP contribution in [0.25, 0.3) is 0 Å². The molecule has 1 aliphatic carbocycles. The number of nitrogens with one attached hydrogen (secondary N) is 1. The van der Waals surface area contributed by atoms with Crippen LogP contribution in [0.4, 0.5) is 13.2 Å². The van der Waals surface area contributed by atoms with Gasteiger partial charge in [-0.1, -0.05) is 12.1 Å². The van der Waals surface area contributed by atoms with Crippen molar-refractivity contribution < 1.29 is 22.7 Å². The lowest BCUT2D eigenvalue weighted by Crippen LogP contribution is -2.34. The quantitative estimate of drug-likeness (QED) is 0.904. The first kappa shape index (κ1) is 16.1. The number of alkyl halides is 3. The van der Waals surface area contributed by atoms with Gasteiger partial charge in [-0.15, -0.1) is 13.2 Å². The summed E-state index contributed by atoms with van der Waals surface area (Å²) >= 11 is 0. The molecule has 2 aliphatic rings. The second kappa shape index (κ2) is 6.39. The second-order valence-electron chi connectivity index (χ2n) is 6.20. The zero-order valence-electron chi connectivity index (χ0n) is 12.6. The lowest BCUT2D eigenvalue weighted by atomic mass is 10.1. The lowest BCUT2D eigenvalue weighted by molar-refractivity contribution is -0.274. The minimum atomic E-state index is -4.67. The molecule has 1 aromatic rings. The maximum atomic E-state index is 12.1. The maximum absolute atomic E-state index is 12.1. The van der Waals surface area contributed by atoms with Crippen LogP contribution in [0.15, 0.2) is 24.3 Å². The summed E-state index contributed by atoms with van der Waals surface area (Å²) in [6, 6.07) is 6.25. The monoisotopic (exact) mass is 328 g/mol. The van der Waals surface area contributed by atoms with Crippen molar-refractivity contribution in [3.05, 3.63) is 29.8 Å². The SMILES string of the molecule is O=C(NC1CC1)C1CCN(Cc2ccc(OC(F)(F)F)cc2)C1. The normalized spacial score (nSPS) is 22.1. The van der Waals surface area contributed by atoms with Crippen LogP contribution in [0.5, 0.6) is 5.75 Å². The summed E-state index contributed by atoms with van der Waals surface area (Å²) in [5, 5.41) is 3.02. The number of likely N-dealkylation sites (tertiary alicyclic amines) is 1. The molecule has 1 aliphatic heterocycles. The number of amides is 1. The highest BCUT2D eigenvalue weighted by Crippen LogP contribution is 2.25. The molecule has 0 aromatic heterocycles. The Kier molecular flexibility index (Phi) is 4.48. The minimum absolute atomic E-state index is 0.0171. The molecule has 1 N–H and O–H groups in total. The third-order valence-electron chi connectivity index (χ3n) is 4.13. The summed E-state index contributed by atoms with van der Waals surface area (Å²) in [4.78, 5) is 14.2. The zero-order chi connectivity index (χ0) is 16.4. The van der Waals surface area contributed by atoms with Gasteiger partial charge in [0.05, 0.1) is 5.92 Å². The van der Waals surface area contributed by atoms with Crippen molar-refractivity contribution in [3.8, 4) is 5.75 Å². The van der Waals surface area contributed by atoms with E-state index < -0.39 is 6.36 Å². The van der Waals surface area contributed by atoms with E-state index >= 15 is 0 Å². The predicted molar refractivity (Wildman–Crippen MR) is 77.7 cm³/mol. The van der Waals surface area contributed by atoms with Gasteiger partial charge in [0.1, 0.15) is 5.75 Å². The van der Waals surface area contributed by atoms with Crippen LogP contribution in [0.3, 0.4) is 0 Å². The molecule has 7 heteroatoms. The molecule has 1 saturated heterocycles. The van der Waals surface area contributed by atoms with Crippen LogP contribution in [0.1, 0.15) is 24.8 Å². The van der Waals surface area contributed by atoms with Crippen LogP contribution in [0.2, 0.25) is 0 Å². The molecular weight excluding hydrogens is 309 g/mol. The highest BCUT2D eigenvalue weighted by molar-refractivity contribution is 5.79. The summed E-state index contributed by atoms with van der Waals surface area (Å²) < 4.78 is 40.2. The van der Waals surface area contributed by atoms with Crippen LogP contribution in [-0.2, 0) is 11.3 Å². The molecule has 1 unspecified atom stereocenters. The van der Waals surface area contributed by atoms with E-state index in [1.165, 1.54) is 12.1 Å². The first-order valence-electron chi connectivity index (χ1n) is 7.76. The molecular formula is C16H19F3N2O2. The Bertz CT molecular complexity index is 555. The number of rotatable bonds is 5. The number of ether oxygens (including phenoxy) is 1. The van der Waals surface area contributed by atoms with Crippen molar-refractivity contribution >= 4 is 5.91 Å². The Hall–Kier alpha value is -1.76. The Morgan fingerprint density at radius 2 is 1.91 bits per heavy atom. The van der Waals surface area contributed by atoms with Crippen LogP contribution < -0.4 is 10.1 Å². The number of hydrogen-bond donors (Lipinski definition) is 1. The van der Waals surface area contributed by atoms with E-state index in [2.05, 4.69) is 15.0 Å². The summed E-state index contributed by atoms with van der Waals surface area (Å²) in [7, 11) is 0. The van der Waals surface area contributed by atoms with E-state index in [9.17, 15) is 18.0 Å². The van der Waals surface area contributed by atoms with Crippen molar-refractivity contribution in [3.63, 3.8) is 0 Å². The molecule has 1 amide bonds. The fourth-order valence-electron chi connectivity index (χ4n) is 2.79. The minimum Gasteiger partial charge on any atom is -0.406 e. The van der Waals surface area contributed by atoms with E-state index in [1.807, 2.05) is 0 Å². The summed E-state index contributed by atoms with van der Waals surface area (Å²) in [6.07, 6.45) is -1.69. The highest BCUT2D eigenvalue weighted by Gasteiger charge is 2.32. The summed E-state index contributed by atoms with van der Waals surface area (Å²) in [5.41, 5.74) is 0.905. The van der Waals surface area contributed by atoms with Crippen molar-refractivity contribution in [1.29, 1.82) is 0 Å². The average Bonchev–Trinajstić information content (AvgIpc) is 3.15. The first-order chi connectivity index (χ1) is 10.9. The van der Waals surface area contributed by atoms with Gasteiger partial charge in [-0.2, -0.15) is 0 Å². The van der Waals surface area contributed by atoms with Gasteiger partial charge in [-0.25, -0.2) is 0 Å². The predicted octanol–water partition coefficient (Wildman–Crippen LogP) is 2.69. The van der Waals surface area contributed by atoms with E-state index in [1.54, 1.807) is 12.1 Å². The maximum Gasteiger partial charge on any atom is 0.573 e. The molecule has 0 spiro atoms. The fraction of sp³-hybridized carbons (Fsp3) is 0.562. The molecule has 126 valence electrons. The Morgan fingerprint density at radius 1 is 1.22 bits per heavy atom. The van der Waals surface area contributed by atoms with Crippen LogP contribution in [-0.4, -0.2) is 36.3 Å². The molecule has 23 heavy (non-hydrogen) atoms. The largest absolute Gasteiger partial charge is 0.573 e. The smallest absolute Gasteiger partial charge is 0.406 e. The van der Waals surface area contributed by atoms with Crippen molar-refractivity contribution in [2.24, 2.45) is 5.92 Å². The zero-order valence-corrected chi connectivity index (χ0v) is 12.6. The molecule has 0 radical (unpaired) electrons. The second-order valence-corrected chi connectivity index (χ2v) is 6.20. The van der Waals surface area contributed by atoms with Crippen LogP contribution in [0, 0.1) is 5.92 Å². The third-order valence-corrected chi connectivity index (χ3v) is 4.13. The van der Waals surface area contributed by atoms with Crippen molar-refractivity contribution in [2.45, 2.75) is 38.2 Å². The molecule has 4 nitrogen and oxygen atoms in total. The number of nitrogens with zero attached hydrogens (tertiary/aromatic N) is 1. The molecule has 1 saturated carbocycles. The van der Waals surface area contributed by atoms with Crippen LogP contribution >= 0.6 is 0 Å². The standard InChI is InChI=1S/C16H19F3N2O2/c17-16(18,19)23-14-5-1-11(2-6-14)9-21-8-7-12(10-21)15(22)20-13-3-4-13/h1-2,5-6,12-13H,3-4,7-10H2,(H,20,22). The molecule has 2 fully saturated rings. The number of benzene rings is 1. The van der Waals surface area contributed by atoms with E-state index in [0.717, 1.165) is 31.4 Å². The van der Waals surface area contributed by atoms with Gasteiger partial charge >= 0.3 is 6.36 Å². The van der Waals surface area contributed by atoms with Gasteiger partial charge < -0.3 is 10.1 Å². The van der Waals surface area contributed by atoms with Gasteiger partial charge in [0.15, 0.2) is 0 Å². The lowest BCUT2D eigenvalue weighted by Gasteiger charge is -2.16. The first-order valence-corrected chi connectivity index (χ1v) is 7.76. The van der Waals surface area contributed by atoms with E-state index in [0.29, 0.717) is 19.1 Å². The molecule has 3 rings (SSSR count). The Morgan fingerprint density at radius 3 is 2.52 bits per heavy atom.